The Kier molecular flexibility index (Phi) is 5.17. The van der Waals surface area contributed by atoms with Crippen LogP contribution in [0.2, 0.25) is 0 Å². The number of rotatable bonds is 6. The molecule has 1 aromatic heterocycles. The van der Waals surface area contributed by atoms with Crippen LogP contribution < -0.4 is 16.0 Å². The van der Waals surface area contributed by atoms with Crippen molar-refractivity contribution in [2.24, 2.45) is 5.73 Å². The zero-order valence-electron chi connectivity index (χ0n) is 13.3. The molecule has 0 aromatic carbocycles. The average Bonchev–Trinajstić information content (AvgIpc) is 2.89. The van der Waals surface area contributed by atoms with E-state index in [9.17, 15) is 4.79 Å². The maximum Gasteiger partial charge on any atom is 0.252 e. The second kappa shape index (κ2) is 6.89. The molecule has 2 heterocycles. The molecule has 0 aliphatic carbocycles. The molecular formula is C16H26N4O. The van der Waals surface area contributed by atoms with Crippen LogP contribution in [0.3, 0.4) is 0 Å². The number of aryl methyl sites for hydroxylation is 2. The normalized spacial score (nSPS) is 18.0. The summed E-state index contributed by atoms with van der Waals surface area (Å²) in [6, 6.07) is 2.48. The number of nitrogens with two attached hydrogens (primary N) is 1. The highest BCUT2D eigenvalue weighted by atomic mass is 16.1. The number of carbonyl (C=O) groups is 1. The Morgan fingerprint density at radius 2 is 2.29 bits per heavy atom. The molecular weight excluding hydrogens is 264 g/mol. The van der Waals surface area contributed by atoms with E-state index in [1.807, 2.05) is 19.9 Å². The first-order valence-corrected chi connectivity index (χ1v) is 7.79. The Balaban J connectivity index is 2.35. The second-order valence-electron chi connectivity index (χ2n) is 5.85. The van der Waals surface area contributed by atoms with Gasteiger partial charge in [-0.25, -0.2) is 0 Å². The number of hydrogen-bond donors (Lipinski definition) is 2. The zero-order chi connectivity index (χ0) is 15.4. The van der Waals surface area contributed by atoms with E-state index in [1.165, 1.54) is 12.8 Å². The molecule has 0 bridgehead atoms. The van der Waals surface area contributed by atoms with Crippen molar-refractivity contribution in [1.29, 1.82) is 0 Å². The van der Waals surface area contributed by atoms with Crippen molar-refractivity contribution in [3.63, 3.8) is 0 Å². The van der Waals surface area contributed by atoms with Crippen molar-refractivity contribution in [3.05, 3.63) is 23.0 Å². The van der Waals surface area contributed by atoms with Gasteiger partial charge in [-0.3, -0.25) is 9.78 Å². The molecule has 1 unspecified atom stereocenters. The Labute approximate surface area is 126 Å². The standard InChI is InChI=1S/C16H26N4O/c1-4-8-20(10-13-6-5-7-18-13)14-9-11(2)19-12(3)15(14)16(17)21/h9,13,18H,4-8,10H2,1-3H3,(H2,17,21). The van der Waals surface area contributed by atoms with Crippen LogP contribution >= 0.6 is 0 Å². The van der Waals surface area contributed by atoms with Crippen LogP contribution in [-0.2, 0) is 0 Å². The number of primary amides is 1. The molecule has 1 amide bonds. The summed E-state index contributed by atoms with van der Waals surface area (Å²) in [5.74, 6) is -0.393. The van der Waals surface area contributed by atoms with Gasteiger partial charge in [-0.2, -0.15) is 0 Å². The summed E-state index contributed by atoms with van der Waals surface area (Å²) in [6.07, 6.45) is 3.45. The summed E-state index contributed by atoms with van der Waals surface area (Å²) in [7, 11) is 0. The summed E-state index contributed by atoms with van der Waals surface area (Å²) in [6.45, 7) is 8.88. The Morgan fingerprint density at radius 3 is 2.86 bits per heavy atom. The lowest BCUT2D eigenvalue weighted by molar-refractivity contribution is 0.0999. The second-order valence-corrected chi connectivity index (χ2v) is 5.85. The lowest BCUT2D eigenvalue weighted by atomic mass is 10.1. The van der Waals surface area contributed by atoms with Gasteiger partial charge in [-0.15, -0.1) is 0 Å². The third-order valence-corrected chi connectivity index (χ3v) is 3.99. The van der Waals surface area contributed by atoms with Crippen molar-refractivity contribution in [1.82, 2.24) is 10.3 Å². The first-order valence-electron chi connectivity index (χ1n) is 7.79. The van der Waals surface area contributed by atoms with E-state index in [1.54, 1.807) is 0 Å². The Bertz CT molecular complexity index is 509. The molecule has 1 saturated heterocycles. The van der Waals surface area contributed by atoms with Gasteiger partial charge in [0.15, 0.2) is 0 Å². The number of nitrogens with zero attached hydrogens (tertiary/aromatic N) is 2. The van der Waals surface area contributed by atoms with Gasteiger partial charge in [-0.05, 0) is 45.7 Å². The number of anilines is 1. The van der Waals surface area contributed by atoms with Crippen LogP contribution in [0, 0.1) is 13.8 Å². The predicted molar refractivity (Wildman–Crippen MR) is 85.8 cm³/mol. The fourth-order valence-corrected chi connectivity index (χ4v) is 3.12. The zero-order valence-corrected chi connectivity index (χ0v) is 13.3. The summed E-state index contributed by atoms with van der Waals surface area (Å²) in [5.41, 5.74) is 8.73. The smallest absolute Gasteiger partial charge is 0.252 e. The highest BCUT2D eigenvalue weighted by molar-refractivity contribution is 5.99. The summed E-state index contributed by atoms with van der Waals surface area (Å²) >= 11 is 0. The average molecular weight is 290 g/mol. The maximum absolute atomic E-state index is 11.8. The van der Waals surface area contributed by atoms with Crippen LogP contribution in [0.25, 0.3) is 0 Å². The van der Waals surface area contributed by atoms with Gasteiger partial charge >= 0.3 is 0 Å². The van der Waals surface area contributed by atoms with E-state index < -0.39 is 5.91 Å². The van der Waals surface area contributed by atoms with E-state index in [2.05, 4.69) is 22.1 Å². The number of pyridine rings is 1. The summed E-state index contributed by atoms with van der Waals surface area (Å²) < 4.78 is 0. The SMILES string of the molecule is CCCN(CC1CCCN1)c1cc(C)nc(C)c1C(N)=O. The minimum atomic E-state index is -0.393. The number of nitrogens with one attached hydrogen (secondary N) is 1. The largest absolute Gasteiger partial charge is 0.369 e. The van der Waals surface area contributed by atoms with E-state index in [-0.39, 0.29) is 0 Å². The van der Waals surface area contributed by atoms with Crippen LogP contribution in [0.5, 0.6) is 0 Å². The van der Waals surface area contributed by atoms with Gasteiger partial charge < -0.3 is 16.0 Å². The van der Waals surface area contributed by atoms with Gasteiger partial charge in [-0.1, -0.05) is 6.92 Å². The molecule has 0 saturated carbocycles. The van der Waals surface area contributed by atoms with E-state index in [4.69, 9.17) is 5.73 Å². The van der Waals surface area contributed by atoms with Crippen LogP contribution in [-0.4, -0.2) is 36.6 Å². The lowest BCUT2D eigenvalue weighted by Crippen LogP contribution is -2.39. The third-order valence-electron chi connectivity index (χ3n) is 3.99. The Morgan fingerprint density at radius 1 is 1.52 bits per heavy atom. The Hall–Kier alpha value is -1.62. The third kappa shape index (κ3) is 3.73. The first-order chi connectivity index (χ1) is 10.0. The molecule has 1 aromatic rings. The number of carbonyl (C=O) groups excluding carboxylic acids is 1. The highest BCUT2D eigenvalue weighted by Gasteiger charge is 2.22. The van der Waals surface area contributed by atoms with E-state index in [0.717, 1.165) is 43.1 Å². The summed E-state index contributed by atoms with van der Waals surface area (Å²) in [5, 5.41) is 3.52. The molecule has 2 rings (SSSR count). The van der Waals surface area contributed by atoms with Crippen molar-refractivity contribution < 1.29 is 4.79 Å². The molecule has 1 atom stereocenters. The number of amides is 1. The van der Waals surface area contributed by atoms with Gasteiger partial charge in [0.2, 0.25) is 0 Å². The van der Waals surface area contributed by atoms with Crippen molar-refractivity contribution >= 4 is 11.6 Å². The fraction of sp³-hybridized carbons (Fsp3) is 0.625. The van der Waals surface area contributed by atoms with Gasteiger partial charge in [0, 0.05) is 24.8 Å². The summed E-state index contributed by atoms with van der Waals surface area (Å²) in [4.78, 5) is 18.5. The molecule has 21 heavy (non-hydrogen) atoms. The van der Waals surface area contributed by atoms with Crippen molar-refractivity contribution in [2.45, 2.75) is 46.1 Å². The highest BCUT2D eigenvalue weighted by Crippen LogP contribution is 2.25. The molecule has 1 aliphatic rings. The van der Waals surface area contributed by atoms with Crippen molar-refractivity contribution in [3.8, 4) is 0 Å². The number of aromatic nitrogens is 1. The molecule has 0 radical (unpaired) electrons. The van der Waals surface area contributed by atoms with E-state index >= 15 is 0 Å². The molecule has 5 heteroatoms. The quantitative estimate of drug-likeness (QED) is 0.837. The molecule has 0 spiro atoms. The van der Waals surface area contributed by atoms with E-state index in [0.29, 0.717) is 11.6 Å². The minimum Gasteiger partial charge on any atom is -0.369 e. The van der Waals surface area contributed by atoms with Crippen LogP contribution in [0.15, 0.2) is 6.07 Å². The number of hydrogen-bond acceptors (Lipinski definition) is 4. The van der Waals surface area contributed by atoms with Gasteiger partial charge in [0.1, 0.15) is 0 Å². The van der Waals surface area contributed by atoms with Gasteiger partial charge in [0.25, 0.3) is 5.91 Å². The molecule has 1 aliphatic heterocycles. The van der Waals surface area contributed by atoms with Crippen LogP contribution in [0.4, 0.5) is 5.69 Å². The minimum absolute atomic E-state index is 0.393. The fourth-order valence-electron chi connectivity index (χ4n) is 3.12. The molecule has 5 nitrogen and oxygen atoms in total. The molecule has 1 fully saturated rings. The monoisotopic (exact) mass is 290 g/mol. The lowest BCUT2D eigenvalue weighted by Gasteiger charge is -2.29. The maximum atomic E-state index is 11.8. The molecule has 116 valence electrons. The van der Waals surface area contributed by atoms with Gasteiger partial charge in [0.05, 0.1) is 16.9 Å². The topological polar surface area (TPSA) is 71.2 Å². The molecule has 3 N–H and O–H groups in total. The van der Waals surface area contributed by atoms with Crippen molar-refractivity contribution in [2.75, 3.05) is 24.5 Å². The van der Waals surface area contributed by atoms with Crippen LogP contribution in [0.1, 0.15) is 47.9 Å². The predicted octanol–water partition coefficient (Wildman–Crippen LogP) is 1.77. The first kappa shape index (κ1) is 15.8.